The van der Waals surface area contributed by atoms with Crippen LogP contribution in [0.3, 0.4) is 0 Å². The van der Waals surface area contributed by atoms with Crippen LogP contribution in [0.2, 0.25) is 0 Å². The molecule has 1 amide bonds. The van der Waals surface area contributed by atoms with Crippen LogP contribution in [-0.4, -0.2) is 29.0 Å². The fourth-order valence-electron chi connectivity index (χ4n) is 2.70. The van der Waals surface area contributed by atoms with Crippen molar-refractivity contribution < 1.29 is 13.9 Å². The van der Waals surface area contributed by atoms with Gasteiger partial charge in [0.25, 0.3) is 5.91 Å². The number of nitrogens with one attached hydrogen (secondary N) is 1. The third-order valence-corrected chi connectivity index (χ3v) is 3.88. The molecule has 23 heavy (non-hydrogen) atoms. The Balaban J connectivity index is 1.64. The van der Waals surface area contributed by atoms with Crippen LogP contribution < -0.4 is 11.1 Å². The molecule has 1 fully saturated rings. The molecule has 0 bridgehead atoms. The molecular weight excluding hydrogens is 299 g/mol. The van der Waals surface area contributed by atoms with Gasteiger partial charge in [0.15, 0.2) is 11.5 Å². The maximum Gasteiger partial charge on any atom is 0.273 e. The Bertz CT molecular complexity index is 693. The molecule has 3 N–H and O–H groups in total. The van der Waals surface area contributed by atoms with Crippen LogP contribution in [0.15, 0.2) is 36.7 Å². The first-order chi connectivity index (χ1) is 11.1. The number of hydrogen-bond acceptors (Lipinski definition) is 5. The summed E-state index contributed by atoms with van der Waals surface area (Å²) in [5.74, 6) is -0.430. The highest BCUT2D eigenvalue weighted by atomic mass is 19.1. The second kappa shape index (κ2) is 6.70. The van der Waals surface area contributed by atoms with Crippen LogP contribution in [0.1, 0.15) is 28.6 Å². The van der Waals surface area contributed by atoms with E-state index in [2.05, 4.69) is 15.3 Å². The summed E-state index contributed by atoms with van der Waals surface area (Å²) in [6.07, 6.45) is 3.51. The van der Waals surface area contributed by atoms with Crippen molar-refractivity contribution in [2.75, 3.05) is 18.9 Å². The number of ether oxygens (including phenoxy) is 1. The van der Waals surface area contributed by atoms with Gasteiger partial charge in [-0.3, -0.25) is 4.79 Å². The number of benzene rings is 1. The molecule has 1 saturated heterocycles. The lowest BCUT2D eigenvalue weighted by atomic mass is 9.95. The normalized spacial score (nSPS) is 20.4. The lowest BCUT2D eigenvalue weighted by Gasteiger charge is -2.19. The van der Waals surface area contributed by atoms with Crippen LogP contribution in [0.25, 0.3) is 0 Å². The van der Waals surface area contributed by atoms with E-state index in [0.29, 0.717) is 13.2 Å². The molecule has 0 radical (unpaired) electrons. The highest BCUT2D eigenvalue weighted by Crippen LogP contribution is 2.34. The number of carbonyl (C=O) groups is 1. The van der Waals surface area contributed by atoms with Gasteiger partial charge in [-0.1, -0.05) is 12.1 Å². The Labute approximate surface area is 132 Å². The molecule has 0 aliphatic carbocycles. The second-order valence-electron chi connectivity index (χ2n) is 5.39. The predicted molar refractivity (Wildman–Crippen MR) is 82.0 cm³/mol. The molecule has 1 aromatic carbocycles. The van der Waals surface area contributed by atoms with Crippen LogP contribution in [0.5, 0.6) is 0 Å². The van der Waals surface area contributed by atoms with Gasteiger partial charge in [0, 0.05) is 31.5 Å². The summed E-state index contributed by atoms with van der Waals surface area (Å²) in [6, 6.07) is 6.24. The molecule has 120 valence electrons. The number of aromatic nitrogens is 2. The third kappa shape index (κ3) is 3.45. The van der Waals surface area contributed by atoms with Crippen molar-refractivity contribution in [1.29, 1.82) is 0 Å². The Kier molecular flexibility index (Phi) is 4.47. The number of nitrogens with zero attached hydrogens (tertiary/aromatic N) is 2. The Morgan fingerprint density at radius 1 is 1.30 bits per heavy atom. The number of nitrogens with two attached hydrogens (primary N) is 1. The molecule has 1 aromatic heterocycles. The highest BCUT2D eigenvalue weighted by Gasteiger charge is 2.30. The fourth-order valence-corrected chi connectivity index (χ4v) is 2.70. The minimum Gasteiger partial charge on any atom is -0.382 e. The van der Waals surface area contributed by atoms with E-state index in [-0.39, 0.29) is 35.3 Å². The van der Waals surface area contributed by atoms with E-state index in [1.165, 1.54) is 24.5 Å². The summed E-state index contributed by atoms with van der Waals surface area (Å²) in [5, 5.41) is 2.82. The second-order valence-corrected chi connectivity index (χ2v) is 5.39. The monoisotopic (exact) mass is 316 g/mol. The van der Waals surface area contributed by atoms with Crippen molar-refractivity contribution in [2.45, 2.75) is 12.5 Å². The van der Waals surface area contributed by atoms with Gasteiger partial charge < -0.3 is 15.8 Å². The Hall–Kier alpha value is -2.54. The number of amides is 1. The van der Waals surface area contributed by atoms with Gasteiger partial charge in [-0.05, 0) is 24.1 Å². The van der Waals surface area contributed by atoms with Gasteiger partial charge in [-0.15, -0.1) is 0 Å². The Morgan fingerprint density at radius 3 is 2.78 bits per heavy atom. The van der Waals surface area contributed by atoms with Gasteiger partial charge in [-0.25, -0.2) is 14.4 Å². The average molecular weight is 316 g/mol. The quantitative estimate of drug-likeness (QED) is 0.896. The molecule has 0 spiro atoms. The van der Waals surface area contributed by atoms with Crippen molar-refractivity contribution in [2.24, 2.45) is 5.92 Å². The third-order valence-electron chi connectivity index (χ3n) is 3.88. The molecule has 1 aliphatic rings. The van der Waals surface area contributed by atoms with Crippen molar-refractivity contribution in [3.05, 3.63) is 53.7 Å². The van der Waals surface area contributed by atoms with E-state index < -0.39 is 0 Å². The van der Waals surface area contributed by atoms with E-state index in [1.807, 2.05) is 0 Å². The Morgan fingerprint density at radius 2 is 2.04 bits per heavy atom. The summed E-state index contributed by atoms with van der Waals surface area (Å²) < 4.78 is 18.8. The standard InChI is InChI=1S/C16H17FN4O2/c17-12-3-1-10(2-4-12)14-11(5-8-23-14)9-21-16(22)13-15(18)20-7-6-19-13/h1-4,6-7,11,14H,5,8-9H2,(H2,18,20)(H,21,22)/t11-,14-/m0/s1. The smallest absolute Gasteiger partial charge is 0.273 e. The molecule has 1 aliphatic heterocycles. The predicted octanol–water partition coefficient (Wildman–Crippen LogP) is 1.71. The molecular formula is C16H17FN4O2. The number of rotatable bonds is 4. The van der Waals surface area contributed by atoms with E-state index in [4.69, 9.17) is 10.5 Å². The molecule has 2 atom stereocenters. The van der Waals surface area contributed by atoms with Gasteiger partial charge >= 0.3 is 0 Å². The van der Waals surface area contributed by atoms with E-state index in [0.717, 1.165) is 12.0 Å². The zero-order valence-electron chi connectivity index (χ0n) is 12.4. The fraction of sp³-hybridized carbons (Fsp3) is 0.312. The van der Waals surface area contributed by atoms with Crippen molar-refractivity contribution in [1.82, 2.24) is 15.3 Å². The van der Waals surface area contributed by atoms with Crippen molar-refractivity contribution >= 4 is 11.7 Å². The molecule has 3 rings (SSSR count). The molecule has 2 heterocycles. The number of halogens is 1. The zero-order chi connectivity index (χ0) is 16.2. The highest BCUT2D eigenvalue weighted by molar-refractivity contribution is 5.96. The van der Waals surface area contributed by atoms with E-state index in [9.17, 15) is 9.18 Å². The molecule has 7 heteroatoms. The minimum atomic E-state index is -0.361. The summed E-state index contributed by atoms with van der Waals surface area (Å²) in [7, 11) is 0. The average Bonchev–Trinajstić information content (AvgIpc) is 3.02. The van der Waals surface area contributed by atoms with Gasteiger partial charge in [0.05, 0.1) is 6.10 Å². The first-order valence-electron chi connectivity index (χ1n) is 7.37. The van der Waals surface area contributed by atoms with Gasteiger partial charge in [-0.2, -0.15) is 0 Å². The summed E-state index contributed by atoms with van der Waals surface area (Å²) in [5.41, 5.74) is 6.66. The maximum absolute atomic E-state index is 13.0. The van der Waals surface area contributed by atoms with Crippen LogP contribution >= 0.6 is 0 Å². The molecule has 2 aromatic rings. The zero-order valence-corrected chi connectivity index (χ0v) is 12.4. The lowest BCUT2D eigenvalue weighted by Crippen LogP contribution is -2.31. The number of carbonyl (C=O) groups excluding carboxylic acids is 1. The molecule has 0 saturated carbocycles. The van der Waals surface area contributed by atoms with Crippen molar-refractivity contribution in [3.8, 4) is 0 Å². The van der Waals surface area contributed by atoms with Crippen molar-refractivity contribution in [3.63, 3.8) is 0 Å². The lowest BCUT2D eigenvalue weighted by molar-refractivity contribution is 0.0844. The molecule has 6 nitrogen and oxygen atoms in total. The number of nitrogen functional groups attached to an aromatic ring is 1. The minimum absolute atomic E-state index is 0.0998. The van der Waals surface area contributed by atoms with Gasteiger partial charge in [0.1, 0.15) is 5.82 Å². The summed E-state index contributed by atoms with van der Waals surface area (Å²) in [4.78, 5) is 19.9. The largest absolute Gasteiger partial charge is 0.382 e. The topological polar surface area (TPSA) is 90.1 Å². The first-order valence-corrected chi connectivity index (χ1v) is 7.37. The first kappa shape index (κ1) is 15.4. The summed E-state index contributed by atoms with van der Waals surface area (Å²) in [6.45, 7) is 1.03. The maximum atomic E-state index is 13.0. The number of hydrogen-bond donors (Lipinski definition) is 2. The van der Waals surface area contributed by atoms with Crippen LogP contribution in [0.4, 0.5) is 10.2 Å². The van der Waals surface area contributed by atoms with Gasteiger partial charge in [0.2, 0.25) is 0 Å². The SMILES string of the molecule is Nc1nccnc1C(=O)NC[C@@H]1CCO[C@H]1c1ccc(F)cc1. The summed E-state index contributed by atoms with van der Waals surface area (Å²) >= 11 is 0. The van der Waals surface area contributed by atoms with Crippen LogP contribution in [0, 0.1) is 11.7 Å². The van der Waals surface area contributed by atoms with E-state index in [1.54, 1.807) is 12.1 Å². The van der Waals surface area contributed by atoms with E-state index >= 15 is 0 Å². The number of anilines is 1. The van der Waals surface area contributed by atoms with Crippen LogP contribution in [-0.2, 0) is 4.74 Å². The molecule has 0 unspecified atom stereocenters.